The van der Waals surface area contributed by atoms with E-state index in [2.05, 4.69) is 9.71 Å². The van der Waals surface area contributed by atoms with Crippen LogP contribution in [0.3, 0.4) is 0 Å². The number of nitrogens with one attached hydrogen (secondary N) is 1. The normalized spacial score (nSPS) is 19.4. The number of sulfonamides is 1. The number of aliphatic imine (C=N–C) groups is 1. The van der Waals surface area contributed by atoms with Gasteiger partial charge in [-0.1, -0.05) is 54.1 Å². The molecule has 0 bridgehead atoms. The third kappa shape index (κ3) is 3.23. The molecule has 0 radical (unpaired) electrons. The van der Waals surface area contributed by atoms with Gasteiger partial charge in [0, 0.05) is 10.6 Å². The van der Waals surface area contributed by atoms with E-state index in [0.717, 1.165) is 5.56 Å². The van der Waals surface area contributed by atoms with Crippen molar-refractivity contribution in [1.82, 2.24) is 4.72 Å². The summed E-state index contributed by atoms with van der Waals surface area (Å²) < 4.78 is 27.6. The minimum atomic E-state index is -3.62. The lowest BCUT2D eigenvalue weighted by atomic mass is 10.1. The minimum Gasteiger partial charge on any atom is -0.263 e. The summed E-state index contributed by atoms with van der Waals surface area (Å²) in [7, 11) is -3.62. The number of benzene rings is 2. The van der Waals surface area contributed by atoms with E-state index < -0.39 is 10.0 Å². The molecule has 0 fully saturated rings. The summed E-state index contributed by atoms with van der Waals surface area (Å²) in [5.41, 5.74) is 2.24. The van der Waals surface area contributed by atoms with Gasteiger partial charge >= 0.3 is 0 Å². The van der Waals surface area contributed by atoms with Gasteiger partial charge in [-0.3, -0.25) is 9.71 Å². The summed E-state index contributed by atoms with van der Waals surface area (Å²) in [6.07, 6.45) is 0. The molecule has 1 aliphatic rings. The molecule has 0 saturated carbocycles. The zero-order valence-electron chi connectivity index (χ0n) is 13.3. The molecule has 1 heterocycles. The average Bonchev–Trinajstić information content (AvgIpc) is 2.78. The zero-order chi connectivity index (χ0) is 17.3. The Bertz CT molecular complexity index is 917. The lowest BCUT2D eigenvalue weighted by Gasteiger charge is -2.08. The fraction of sp³-hybridized carbons (Fsp3) is 0.167. The van der Waals surface area contributed by atoms with Crippen LogP contribution in [0.4, 0.5) is 0 Å². The van der Waals surface area contributed by atoms with Crippen molar-refractivity contribution in [1.29, 1.82) is 0 Å². The van der Waals surface area contributed by atoms with Crippen molar-refractivity contribution in [2.45, 2.75) is 19.9 Å². The van der Waals surface area contributed by atoms with Crippen molar-refractivity contribution in [3.05, 3.63) is 76.3 Å². The smallest absolute Gasteiger partial charge is 0.263 e. The second-order valence-electron chi connectivity index (χ2n) is 5.63. The maximum Gasteiger partial charge on any atom is 0.264 e. The van der Waals surface area contributed by atoms with Gasteiger partial charge in [0.1, 0.15) is 10.7 Å². The first kappa shape index (κ1) is 16.7. The zero-order valence-corrected chi connectivity index (χ0v) is 14.9. The van der Waals surface area contributed by atoms with Crippen LogP contribution in [0.2, 0.25) is 5.02 Å². The molecule has 1 N–H and O–H groups in total. The molecule has 0 saturated heterocycles. The third-order valence-corrected chi connectivity index (χ3v) is 5.70. The van der Waals surface area contributed by atoms with Crippen molar-refractivity contribution in [2.75, 3.05) is 0 Å². The number of halogens is 1. The topological polar surface area (TPSA) is 58.5 Å². The summed E-state index contributed by atoms with van der Waals surface area (Å²) >= 11 is 5.89. The number of hydrogen-bond acceptors (Lipinski definition) is 3. The van der Waals surface area contributed by atoms with Gasteiger partial charge in [0.15, 0.2) is 0 Å². The molecule has 6 heteroatoms. The molecule has 0 aromatic heterocycles. The first-order valence-corrected chi connectivity index (χ1v) is 9.37. The predicted octanol–water partition coefficient (Wildman–Crippen LogP) is 4.16. The number of amidine groups is 1. The van der Waals surface area contributed by atoms with Crippen LogP contribution in [-0.2, 0) is 10.0 Å². The van der Waals surface area contributed by atoms with Gasteiger partial charge in [0.05, 0.1) is 6.04 Å². The third-order valence-electron chi connectivity index (χ3n) is 3.91. The second-order valence-corrected chi connectivity index (χ2v) is 7.69. The lowest BCUT2D eigenvalue weighted by molar-refractivity contribution is 0.603. The highest BCUT2D eigenvalue weighted by molar-refractivity contribution is 8.00. The Labute approximate surface area is 146 Å². The summed E-state index contributed by atoms with van der Waals surface area (Å²) in [6.45, 7) is 3.70. The molecule has 3 rings (SSSR count). The monoisotopic (exact) mass is 360 g/mol. The van der Waals surface area contributed by atoms with Gasteiger partial charge in [0.25, 0.3) is 10.0 Å². The maximum atomic E-state index is 12.5. The second kappa shape index (κ2) is 6.42. The molecule has 1 aliphatic heterocycles. The first-order chi connectivity index (χ1) is 11.4. The van der Waals surface area contributed by atoms with Crippen LogP contribution in [0.25, 0.3) is 4.91 Å². The van der Waals surface area contributed by atoms with Crippen LogP contribution in [0, 0.1) is 0 Å². The molecule has 1 atom stereocenters. The van der Waals surface area contributed by atoms with Crippen LogP contribution in [-0.4, -0.2) is 14.3 Å². The molecule has 2 aromatic carbocycles. The van der Waals surface area contributed by atoms with Crippen LogP contribution < -0.4 is 4.72 Å². The van der Waals surface area contributed by atoms with E-state index in [9.17, 15) is 8.42 Å². The highest BCUT2D eigenvalue weighted by Gasteiger charge is 2.32. The Hall–Kier alpha value is -2.11. The summed E-state index contributed by atoms with van der Waals surface area (Å²) in [5.74, 6) is 0.385. The molecule has 24 heavy (non-hydrogen) atoms. The van der Waals surface area contributed by atoms with Crippen molar-refractivity contribution in [2.24, 2.45) is 4.99 Å². The highest BCUT2D eigenvalue weighted by Crippen LogP contribution is 2.31. The van der Waals surface area contributed by atoms with Crippen LogP contribution >= 0.6 is 11.6 Å². The van der Waals surface area contributed by atoms with Crippen LogP contribution in [0.1, 0.15) is 31.0 Å². The fourth-order valence-electron chi connectivity index (χ4n) is 2.66. The Kier molecular flexibility index (Phi) is 4.47. The molecular formula is C18H17ClN2O2S. The van der Waals surface area contributed by atoms with Gasteiger partial charge in [-0.25, -0.2) is 8.42 Å². The lowest BCUT2D eigenvalue weighted by Crippen LogP contribution is -2.24. The van der Waals surface area contributed by atoms with Crippen molar-refractivity contribution >= 4 is 32.4 Å². The van der Waals surface area contributed by atoms with E-state index in [4.69, 9.17) is 11.6 Å². The van der Waals surface area contributed by atoms with Gasteiger partial charge in [-0.2, -0.15) is 0 Å². The summed E-state index contributed by atoms with van der Waals surface area (Å²) in [6, 6.07) is 16.3. The number of rotatable bonds is 3. The standard InChI is InChI=1S/C18H17ClN2O2S/c1-12-17(15-8-10-16(19)11-9-15)24(22,23)21-18(12)20-13(2)14-6-4-3-5-7-14/h3-11,13H,1-2H3,(H,20,21)/t13-/m0/s1. The SMILES string of the molecule is CC1=C(c2ccc(Cl)cc2)S(=O)(=O)NC1=N[C@@H](C)c1ccccc1. The molecule has 2 aromatic rings. The molecular weight excluding hydrogens is 344 g/mol. The predicted molar refractivity (Wildman–Crippen MR) is 98.4 cm³/mol. The Morgan fingerprint density at radius 1 is 1.04 bits per heavy atom. The van der Waals surface area contributed by atoms with Crippen molar-refractivity contribution < 1.29 is 8.42 Å². The van der Waals surface area contributed by atoms with E-state index in [1.165, 1.54) is 0 Å². The van der Waals surface area contributed by atoms with Crippen molar-refractivity contribution in [3.8, 4) is 0 Å². The van der Waals surface area contributed by atoms with Gasteiger partial charge < -0.3 is 0 Å². The molecule has 0 amide bonds. The van der Waals surface area contributed by atoms with E-state index in [0.29, 0.717) is 22.0 Å². The van der Waals surface area contributed by atoms with Gasteiger partial charge in [-0.15, -0.1) is 0 Å². The summed E-state index contributed by atoms with van der Waals surface area (Å²) in [5, 5.41) is 0.562. The maximum absolute atomic E-state index is 12.5. The molecule has 4 nitrogen and oxygen atoms in total. The van der Waals surface area contributed by atoms with Crippen LogP contribution in [0.15, 0.2) is 65.2 Å². The Morgan fingerprint density at radius 2 is 1.67 bits per heavy atom. The fourth-order valence-corrected chi connectivity index (χ4v) is 4.29. The largest absolute Gasteiger partial charge is 0.264 e. The minimum absolute atomic E-state index is 0.150. The first-order valence-electron chi connectivity index (χ1n) is 7.51. The van der Waals surface area contributed by atoms with Gasteiger partial charge in [0.2, 0.25) is 0 Å². The molecule has 0 spiro atoms. The van der Waals surface area contributed by atoms with E-state index in [1.807, 2.05) is 37.3 Å². The van der Waals surface area contributed by atoms with Crippen molar-refractivity contribution in [3.63, 3.8) is 0 Å². The average molecular weight is 361 g/mol. The van der Waals surface area contributed by atoms with E-state index in [1.54, 1.807) is 31.2 Å². The Morgan fingerprint density at radius 3 is 2.29 bits per heavy atom. The van der Waals surface area contributed by atoms with E-state index >= 15 is 0 Å². The highest BCUT2D eigenvalue weighted by atomic mass is 35.5. The summed E-state index contributed by atoms with van der Waals surface area (Å²) in [4.78, 5) is 4.81. The van der Waals surface area contributed by atoms with Crippen LogP contribution in [0.5, 0.6) is 0 Å². The molecule has 124 valence electrons. The Balaban J connectivity index is 2.03. The molecule has 0 aliphatic carbocycles. The molecule has 0 unspecified atom stereocenters. The number of hydrogen-bond donors (Lipinski definition) is 1. The van der Waals surface area contributed by atoms with Gasteiger partial charge in [-0.05, 0) is 37.1 Å². The quantitative estimate of drug-likeness (QED) is 0.893. The number of nitrogens with zero attached hydrogens (tertiary/aromatic N) is 1. The van der Waals surface area contributed by atoms with E-state index in [-0.39, 0.29) is 10.9 Å².